The van der Waals surface area contributed by atoms with Crippen molar-refractivity contribution in [3.05, 3.63) is 60.2 Å². The molecule has 1 saturated carbocycles. The molecule has 2 aromatic rings. The molecule has 1 aliphatic carbocycles. The molecule has 1 amide bonds. The van der Waals surface area contributed by atoms with Crippen LogP contribution in [0.1, 0.15) is 63.9 Å². The zero-order valence-corrected chi connectivity index (χ0v) is 21.5. The summed E-state index contributed by atoms with van der Waals surface area (Å²) in [5.74, 6) is -0.681. The zero-order chi connectivity index (χ0) is 25.4. The molecule has 35 heavy (non-hydrogen) atoms. The average Bonchev–Trinajstić information content (AvgIpc) is 2.91. The molecule has 3 N–H and O–H groups in total. The maximum absolute atomic E-state index is 13.7. The molecule has 0 radical (unpaired) electrons. The van der Waals surface area contributed by atoms with E-state index >= 15 is 0 Å². The Bertz CT molecular complexity index is 1000. The first kappa shape index (κ1) is 26.6. The Hall–Kier alpha value is -2.99. The number of benzene rings is 2. The Labute approximate surface area is 210 Å². The van der Waals surface area contributed by atoms with Crippen molar-refractivity contribution >= 4 is 28.8 Å². The monoisotopic (exact) mass is 476 g/mol. The highest BCUT2D eigenvalue weighted by Gasteiger charge is 2.36. The van der Waals surface area contributed by atoms with Crippen molar-refractivity contribution in [1.82, 2.24) is 10.6 Å². The molecule has 188 valence electrons. The lowest BCUT2D eigenvalue weighted by Gasteiger charge is -2.32. The van der Waals surface area contributed by atoms with Gasteiger partial charge in [-0.1, -0.05) is 56.5 Å². The van der Waals surface area contributed by atoms with Gasteiger partial charge in [0.15, 0.2) is 5.78 Å². The van der Waals surface area contributed by atoms with Crippen LogP contribution >= 0.6 is 0 Å². The van der Waals surface area contributed by atoms with Crippen molar-refractivity contribution in [3.63, 3.8) is 0 Å². The fourth-order valence-corrected chi connectivity index (χ4v) is 4.97. The second kappa shape index (κ2) is 12.6. The van der Waals surface area contributed by atoms with Crippen LogP contribution < -0.4 is 15.5 Å². The van der Waals surface area contributed by atoms with Gasteiger partial charge in [0.25, 0.3) is 0 Å². The van der Waals surface area contributed by atoms with E-state index in [1.165, 1.54) is 0 Å². The van der Waals surface area contributed by atoms with Crippen LogP contribution in [-0.2, 0) is 9.59 Å². The van der Waals surface area contributed by atoms with Crippen LogP contribution in [0.25, 0.3) is 0 Å². The summed E-state index contributed by atoms with van der Waals surface area (Å²) in [4.78, 5) is 28.6. The van der Waals surface area contributed by atoms with Gasteiger partial charge < -0.3 is 20.9 Å². The molecule has 0 unspecified atom stereocenters. The van der Waals surface area contributed by atoms with Gasteiger partial charge in [-0.15, -0.1) is 0 Å². The van der Waals surface area contributed by atoms with E-state index in [0.717, 1.165) is 49.0 Å². The van der Waals surface area contributed by atoms with E-state index in [0.29, 0.717) is 6.42 Å². The molecular weight excluding hydrogens is 436 g/mol. The first-order chi connectivity index (χ1) is 16.9. The predicted molar refractivity (Wildman–Crippen MR) is 144 cm³/mol. The zero-order valence-electron chi connectivity index (χ0n) is 21.5. The summed E-state index contributed by atoms with van der Waals surface area (Å²) in [6.07, 6.45) is 5.74. The summed E-state index contributed by atoms with van der Waals surface area (Å²) in [6, 6.07) is 17.2. The van der Waals surface area contributed by atoms with Gasteiger partial charge >= 0.3 is 0 Å². The van der Waals surface area contributed by atoms with Gasteiger partial charge in [-0.2, -0.15) is 0 Å². The molecule has 3 atom stereocenters. The second-order valence-electron chi connectivity index (χ2n) is 9.62. The number of hydrogen-bond donors (Lipinski definition) is 3. The van der Waals surface area contributed by atoms with Crippen LogP contribution in [0.4, 0.5) is 11.4 Å². The smallest absolute Gasteiger partial charge is 0.237 e. The largest absolute Gasteiger partial charge is 0.345 e. The van der Waals surface area contributed by atoms with Crippen LogP contribution in [-0.4, -0.2) is 43.6 Å². The minimum atomic E-state index is -0.643. The van der Waals surface area contributed by atoms with Gasteiger partial charge in [0, 0.05) is 24.3 Å². The highest BCUT2D eigenvalue weighted by atomic mass is 16.2. The summed E-state index contributed by atoms with van der Waals surface area (Å²) in [5, 5.41) is 14.9. The highest BCUT2D eigenvalue weighted by Crippen LogP contribution is 2.31. The lowest BCUT2D eigenvalue weighted by Crippen LogP contribution is -2.53. The number of para-hydroxylation sites is 1. The third kappa shape index (κ3) is 6.57. The molecule has 0 spiro atoms. The van der Waals surface area contributed by atoms with Gasteiger partial charge in [0.1, 0.15) is 0 Å². The number of hydrogen-bond acceptors (Lipinski definition) is 5. The molecule has 0 saturated heterocycles. The molecule has 0 heterocycles. The Morgan fingerprint density at radius 3 is 2.31 bits per heavy atom. The first-order valence-corrected chi connectivity index (χ1v) is 12.9. The van der Waals surface area contributed by atoms with Crippen molar-refractivity contribution in [3.8, 4) is 0 Å². The van der Waals surface area contributed by atoms with Gasteiger partial charge in [0.05, 0.1) is 17.8 Å². The molecular formula is C29H40N4O2. The predicted octanol–water partition coefficient (Wildman–Crippen LogP) is 5.21. The van der Waals surface area contributed by atoms with Crippen LogP contribution in [0, 0.1) is 11.3 Å². The van der Waals surface area contributed by atoms with Gasteiger partial charge in [-0.25, -0.2) is 0 Å². The summed E-state index contributed by atoms with van der Waals surface area (Å²) in [7, 11) is 3.75. The topological polar surface area (TPSA) is 85.3 Å². The van der Waals surface area contributed by atoms with Crippen LogP contribution in [0.2, 0.25) is 0 Å². The maximum Gasteiger partial charge on any atom is 0.237 e. The first-order valence-electron chi connectivity index (χ1n) is 12.9. The molecule has 3 rings (SSSR count). The second-order valence-corrected chi connectivity index (χ2v) is 9.62. The molecule has 0 aliphatic heterocycles. The van der Waals surface area contributed by atoms with E-state index in [1.54, 1.807) is 14.0 Å². The summed E-state index contributed by atoms with van der Waals surface area (Å²) in [5.41, 5.74) is 3.11. The number of carbonyl (C=O) groups is 2. The van der Waals surface area contributed by atoms with Gasteiger partial charge in [-0.3, -0.25) is 9.59 Å². The minimum absolute atomic E-state index is 0.0812. The fourth-order valence-electron chi connectivity index (χ4n) is 4.97. The fraction of sp³-hybridized carbons (Fsp3) is 0.483. The molecule has 1 aliphatic rings. The van der Waals surface area contributed by atoms with E-state index in [4.69, 9.17) is 5.41 Å². The lowest BCUT2D eigenvalue weighted by atomic mass is 9.78. The maximum atomic E-state index is 13.7. The number of amides is 1. The highest BCUT2D eigenvalue weighted by molar-refractivity contribution is 6.42. The number of ketones is 1. The van der Waals surface area contributed by atoms with Crippen molar-refractivity contribution < 1.29 is 9.59 Å². The number of rotatable bonds is 11. The molecule has 6 nitrogen and oxygen atoms in total. The quantitative estimate of drug-likeness (QED) is 0.389. The number of anilines is 2. The number of nitrogens with zero attached hydrogens (tertiary/aromatic N) is 1. The number of carbonyl (C=O) groups excluding carboxylic acids is 2. The third-order valence-electron chi connectivity index (χ3n) is 7.35. The van der Waals surface area contributed by atoms with Gasteiger partial charge in [0.2, 0.25) is 5.91 Å². The Balaban J connectivity index is 1.85. The molecule has 2 aromatic carbocycles. The molecule has 0 aromatic heterocycles. The summed E-state index contributed by atoms with van der Waals surface area (Å²) < 4.78 is 0. The van der Waals surface area contributed by atoms with Crippen LogP contribution in [0.15, 0.2) is 54.6 Å². The molecule has 6 heteroatoms. The normalized spacial score (nSPS) is 16.7. The number of Topliss-reactive ketones (excluding diaryl/α,β-unsaturated/α-hetero) is 1. The number of likely N-dealkylation sites (N-methyl/N-ethyl adjacent to an activating group) is 1. The third-order valence-corrected chi connectivity index (χ3v) is 7.35. The van der Waals surface area contributed by atoms with Crippen LogP contribution in [0.3, 0.4) is 0 Å². The van der Waals surface area contributed by atoms with Crippen molar-refractivity contribution in [1.29, 1.82) is 5.41 Å². The van der Waals surface area contributed by atoms with Crippen molar-refractivity contribution in [2.24, 2.45) is 5.92 Å². The van der Waals surface area contributed by atoms with E-state index in [9.17, 15) is 9.59 Å². The summed E-state index contributed by atoms with van der Waals surface area (Å²) >= 11 is 0. The summed E-state index contributed by atoms with van der Waals surface area (Å²) in [6.45, 7) is 3.80. The number of nitrogens with one attached hydrogen (secondary N) is 3. The Morgan fingerprint density at radius 1 is 1.03 bits per heavy atom. The Kier molecular flexibility index (Phi) is 9.61. The Morgan fingerprint density at radius 2 is 1.69 bits per heavy atom. The van der Waals surface area contributed by atoms with E-state index in [-0.39, 0.29) is 29.2 Å². The van der Waals surface area contributed by atoms with Crippen molar-refractivity contribution in [2.45, 2.75) is 70.4 Å². The van der Waals surface area contributed by atoms with E-state index in [1.807, 2.05) is 50.4 Å². The van der Waals surface area contributed by atoms with E-state index in [2.05, 4.69) is 33.7 Å². The molecule has 1 fully saturated rings. The standard InChI is InChI=1S/C29H40N4O2/c1-5-25(22-15-12-18-24(19-22)33(4)23-16-10-7-11-17-23)26(30)28(34)27(21-13-8-6-9-14-21)32-29(35)20(2)31-3/h7,10-12,15-21,25,27,30-31H,5-6,8-9,13-14H2,1-4H3,(H,32,35)/t20-,25+,27-/m0/s1. The minimum Gasteiger partial charge on any atom is -0.345 e. The molecule has 0 bridgehead atoms. The van der Waals surface area contributed by atoms with E-state index < -0.39 is 12.1 Å². The van der Waals surface area contributed by atoms with Crippen molar-refractivity contribution in [2.75, 3.05) is 19.0 Å². The SMILES string of the molecule is CC[C@@H](C(=N)C(=O)[C@@H](NC(=O)[C@H](C)NC)C1CCCCC1)c1cccc(N(C)c2ccccc2)c1. The lowest BCUT2D eigenvalue weighted by molar-refractivity contribution is -0.127. The average molecular weight is 477 g/mol. The van der Waals surface area contributed by atoms with Crippen LogP contribution in [0.5, 0.6) is 0 Å². The van der Waals surface area contributed by atoms with Gasteiger partial charge in [-0.05, 0) is 69.0 Å².